The highest BCUT2D eigenvalue weighted by atomic mass is 19.1. The molecule has 0 unspecified atom stereocenters. The third kappa shape index (κ3) is 3.88. The zero-order valence-electron chi connectivity index (χ0n) is 10.9. The molecule has 5 heteroatoms. The number of halogens is 2. The van der Waals surface area contributed by atoms with E-state index in [2.05, 4.69) is 17.2 Å². The summed E-state index contributed by atoms with van der Waals surface area (Å²) in [5.74, 6) is 3.32. The van der Waals surface area contributed by atoms with E-state index in [1.807, 2.05) is 0 Å². The summed E-state index contributed by atoms with van der Waals surface area (Å²) in [4.78, 5) is 11.9. The molecule has 1 amide bonds. The number of carbonyl (C=O) groups is 1. The molecule has 2 aromatic rings. The molecule has 0 fully saturated rings. The molecule has 21 heavy (non-hydrogen) atoms. The standard InChI is InChI=1S/C16H11F2NO2/c17-13-6-4-12(5-7-13)16(21)19-15-8-3-11(2-1-9-20)10-14(15)18/h3-8,10,20H,9H2,(H,19,21). The minimum atomic E-state index is -0.643. The Kier molecular flexibility index (Phi) is 4.64. The van der Waals surface area contributed by atoms with Crippen LogP contribution in [-0.4, -0.2) is 17.6 Å². The quantitative estimate of drug-likeness (QED) is 0.834. The molecule has 2 rings (SSSR count). The van der Waals surface area contributed by atoms with E-state index in [0.29, 0.717) is 5.56 Å². The number of benzene rings is 2. The fourth-order valence-electron chi connectivity index (χ4n) is 1.63. The van der Waals surface area contributed by atoms with Gasteiger partial charge in [0.25, 0.3) is 5.91 Å². The molecule has 2 aromatic carbocycles. The summed E-state index contributed by atoms with van der Waals surface area (Å²) in [6.07, 6.45) is 0. The van der Waals surface area contributed by atoms with Crippen molar-refractivity contribution in [2.75, 3.05) is 11.9 Å². The number of hydrogen-bond acceptors (Lipinski definition) is 2. The van der Waals surface area contributed by atoms with Crippen LogP contribution in [0.2, 0.25) is 0 Å². The maximum absolute atomic E-state index is 13.8. The summed E-state index contributed by atoms with van der Waals surface area (Å²) in [7, 11) is 0. The highest BCUT2D eigenvalue weighted by molar-refractivity contribution is 6.04. The Bertz CT molecular complexity index is 715. The van der Waals surface area contributed by atoms with Crippen molar-refractivity contribution < 1.29 is 18.7 Å². The van der Waals surface area contributed by atoms with Crippen LogP contribution in [0.5, 0.6) is 0 Å². The summed E-state index contributed by atoms with van der Waals surface area (Å²) in [5.41, 5.74) is 0.611. The van der Waals surface area contributed by atoms with Gasteiger partial charge in [0.05, 0.1) is 5.69 Å². The maximum atomic E-state index is 13.8. The topological polar surface area (TPSA) is 49.3 Å². The molecule has 0 aliphatic carbocycles. The zero-order chi connectivity index (χ0) is 15.2. The number of hydrogen-bond donors (Lipinski definition) is 2. The summed E-state index contributed by atoms with van der Waals surface area (Å²) in [6.45, 7) is -0.315. The normalized spacial score (nSPS) is 9.67. The number of carbonyl (C=O) groups excluding carboxylic acids is 1. The molecular formula is C16H11F2NO2. The van der Waals surface area contributed by atoms with Gasteiger partial charge in [-0.3, -0.25) is 4.79 Å². The third-order valence-electron chi connectivity index (χ3n) is 2.64. The monoisotopic (exact) mass is 287 g/mol. The predicted molar refractivity (Wildman–Crippen MR) is 74.7 cm³/mol. The van der Waals surface area contributed by atoms with Crippen LogP contribution in [0.3, 0.4) is 0 Å². The van der Waals surface area contributed by atoms with Gasteiger partial charge in [-0.25, -0.2) is 8.78 Å². The van der Waals surface area contributed by atoms with Crippen molar-refractivity contribution >= 4 is 11.6 Å². The Balaban J connectivity index is 2.16. The van der Waals surface area contributed by atoms with Crippen molar-refractivity contribution in [3.05, 3.63) is 65.2 Å². The number of aliphatic hydroxyl groups is 1. The van der Waals surface area contributed by atoms with Crippen LogP contribution in [0, 0.1) is 23.5 Å². The molecule has 0 heterocycles. The lowest BCUT2D eigenvalue weighted by Crippen LogP contribution is -2.13. The van der Waals surface area contributed by atoms with Crippen molar-refractivity contribution in [2.45, 2.75) is 0 Å². The molecule has 0 atom stereocenters. The zero-order valence-corrected chi connectivity index (χ0v) is 10.9. The summed E-state index contributed by atoms with van der Waals surface area (Å²) in [5, 5.41) is 11.0. The highest BCUT2D eigenvalue weighted by Crippen LogP contribution is 2.16. The Hall–Kier alpha value is -2.71. The largest absolute Gasteiger partial charge is 0.384 e. The van der Waals surface area contributed by atoms with E-state index in [0.717, 1.165) is 18.2 Å². The summed E-state index contributed by atoms with van der Waals surface area (Å²) >= 11 is 0. The van der Waals surface area contributed by atoms with Gasteiger partial charge in [0.2, 0.25) is 0 Å². The van der Waals surface area contributed by atoms with Gasteiger partial charge in [-0.1, -0.05) is 11.8 Å². The first-order chi connectivity index (χ1) is 10.1. The number of anilines is 1. The average Bonchev–Trinajstić information content (AvgIpc) is 2.48. The Morgan fingerprint density at radius 2 is 1.86 bits per heavy atom. The van der Waals surface area contributed by atoms with Crippen molar-refractivity contribution in [3.63, 3.8) is 0 Å². The second kappa shape index (κ2) is 6.64. The van der Waals surface area contributed by atoms with Crippen LogP contribution >= 0.6 is 0 Å². The Morgan fingerprint density at radius 1 is 1.14 bits per heavy atom. The lowest BCUT2D eigenvalue weighted by atomic mass is 10.1. The molecule has 0 aliphatic rings. The van der Waals surface area contributed by atoms with Crippen LogP contribution in [-0.2, 0) is 0 Å². The number of aliphatic hydroxyl groups excluding tert-OH is 1. The lowest BCUT2D eigenvalue weighted by Gasteiger charge is -2.06. The van der Waals surface area contributed by atoms with Crippen LogP contribution in [0.1, 0.15) is 15.9 Å². The van der Waals surface area contributed by atoms with Gasteiger partial charge in [-0.2, -0.15) is 0 Å². The molecular weight excluding hydrogens is 276 g/mol. The van der Waals surface area contributed by atoms with Gasteiger partial charge in [-0.05, 0) is 42.5 Å². The van der Waals surface area contributed by atoms with Crippen molar-refractivity contribution in [3.8, 4) is 11.8 Å². The molecule has 106 valence electrons. The average molecular weight is 287 g/mol. The molecule has 2 N–H and O–H groups in total. The predicted octanol–water partition coefficient (Wildman–Crippen LogP) is 2.56. The van der Waals surface area contributed by atoms with Crippen LogP contribution in [0.15, 0.2) is 42.5 Å². The molecule has 0 bridgehead atoms. The summed E-state index contributed by atoms with van der Waals surface area (Å²) < 4.78 is 26.6. The van der Waals surface area contributed by atoms with Crippen molar-refractivity contribution in [1.29, 1.82) is 0 Å². The van der Waals surface area contributed by atoms with Gasteiger partial charge < -0.3 is 10.4 Å². The molecule has 3 nitrogen and oxygen atoms in total. The SMILES string of the molecule is O=C(Nc1ccc(C#CCO)cc1F)c1ccc(F)cc1. The second-order valence-electron chi connectivity index (χ2n) is 4.12. The minimum absolute atomic E-state index is 0.00104. The minimum Gasteiger partial charge on any atom is -0.384 e. The molecule has 0 radical (unpaired) electrons. The third-order valence-corrected chi connectivity index (χ3v) is 2.64. The molecule has 0 saturated heterocycles. The van der Waals surface area contributed by atoms with Gasteiger partial charge in [0.1, 0.15) is 18.2 Å². The number of amides is 1. The van der Waals surface area contributed by atoms with E-state index < -0.39 is 17.5 Å². The van der Waals surface area contributed by atoms with E-state index in [4.69, 9.17) is 5.11 Å². The first kappa shape index (κ1) is 14.7. The first-order valence-electron chi connectivity index (χ1n) is 6.06. The van der Waals surface area contributed by atoms with E-state index in [1.165, 1.54) is 24.3 Å². The van der Waals surface area contributed by atoms with Gasteiger partial charge >= 0.3 is 0 Å². The molecule has 0 saturated carbocycles. The van der Waals surface area contributed by atoms with Gasteiger partial charge in [0, 0.05) is 11.1 Å². The van der Waals surface area contributed by atoms with Crippen molar-refractivity contribution in [1.82, 2.24) is 0 Å². The van der Waals surface area contributed by atoms with Crippen molar-refractivity contribution in [2.24, 2.45) is 0 Å². The van der Waals surface area contributed by atoms with E-state index >= 15 is 0 Å². The van der Waals surface area contributed by atoms with E-state index in [9.17, 15) is 13.6 Å². The van der Waals surface area contributed by atoms with Gasteiger partial charge in [0.15, 0.2) is 0 Å². The fraction of sp³-hybridized carbons (Fsp3) is 0.0625. The number of rotatable bonds is 2. The molecule has 0 aromatic heterocycles. The van der Waals surface area contributed by atoms with Crippen LogP contribution in [0.4, 0.5) is 14.5 Å². The summed E-state index contributed by atoms with van der Waals surface area (Å²) in [6, 6.07) is 8.97. The Morgan fingerprint density at radius 3 is 2.48 bits per heavy atom. The van der Waals surface area contributed by atoms with E-state index in [1.54, 1.807) is 0 Å². The van der Waals surface area contributed by atoms with Crippen LogP contribution < -0.4 is 5.32 Å². The maximum Gasteiger partial charge on any atom is 0.255 e. The molecule has 0 spiro atoms. The Labute approximate surface area is 120 Å². The fourth-order valence-corrected chi connectivity index (χ4v) is 1.63. The number of nitrogens with one attached hydrogen (secondary N) is 1. The van der Waals surface area contributed by atoms with Crippen LogP contribution in [0.25, 0.3) is 0 Å². The smallest absolute Gasteiger partial charge is 0.255 e. The molecule has 0 aliphatic heterocycles. The van der Waals surface area contributed by atoms with E-state index in [-0.39, 0.29) is 17.9 Å². The second-order valence-corrected chi connectivity index (χ2v) is 4.12. The highest BCUT2D eigenvalue weighted by Gasteiger charge is 2.09. The lowest BCUT2D eigenvalue weighted by molar-refractivity contribution is 0.102. The first-order valence-corrected chi connectivity index (χ1v) is 6.06. The van der Waals surface area contributed by atoms with Gasteiger partial charge in [-0.15, -0.1) is 0 Å².